The van der Waals surface area contributed by atoms with E-state index in [2.05, 4.69) is 4.98 Å². The summed E-state index contributed by atoms with van der Waals surface area (Å²) in [5.74, 6) is 0.544. The minimum absolute atomic E-state index is 0.173. The highest BCUT2D eigenvalue weighted by atomic mass is 16.3. The van der Waals surface area contributed by atoms with Crippen LogP contribution in [-0.4, -0.2) is 16.6 Å². The van der Waals surface area contributed by atoms with Gasteiger partial charge in [0.2, 0.25) is 0 Å². The Hall–Kier alpha value is -0.870. The summed E-state index contributed by atoms with van der Waals surface area (Å²) >= 11 is 0. The summed E-state index contributed by atoms with van der Waals surface area (Å²) in [6.07, 6.45) is 0.713. The Morgan fingerprint density at radius 1 is 1.90 bits per heavy atom. The van der Waals surface area contributed by atoms with Crippen molar-refractivity contribution in [3.8, 4) is 0 Å². The van der Waals surface area contributed by atoms with Crippen LogP contribution in [0.2, 0.25) is 0 Å². The highest BCUT2D eigenvalue weighted by Crippen LogP contribution is 2.09. The molecule has 0 aliphatic rings. The Labute approximate surface area is 58.7 Å². The number of aromatic nitrogens is 1. The summed E-state index contributed by atoms with van der Waals surface area (Å²) in [4.78, 5) is 3.88. The van der Waals surface area contributed by atoms with Crippen molar-refractivity contribution in [2.45, 2.75) is 13.0 Å². The summed E-state index contributed by atoms with van der Waals surface area (Å²) in [5.41, 5.74) is 5.68. The van der Waals surface area contributed by atoms with Gasteiger partial charge in [-0.2, -0.15) is 0 Å². The third-order valence-corrected chi connectivity index (χ3v) is 1.20. The van der Waals surface area contributed by atoms with Gasteiger partial charge in [0, 0.05) is 13.5 Å². The van der Waals surface area contributed by atoms with Gasteiger partial charge < -0.3 is 15.3 Å². The smallest absolute Gasteiger partial charge is 0.191 e. The Morgan fingerprint density at radius 3 is 3.00 bits per heavy atom. The van der Waals surface area contributed by atoms with E-state index < -0.39 is 6.10 Å². The fraction of sp³-hybridized carbons (Fsp3) is 0.500. The van der Waals surface area contributed by atoms with Gasteiger partial charge in [0.15, 0.2) is 5.89 Å². The Balaban J connectivity index is 2.74. The molecule has 1 aromatic rings. The highest BCUT2D eigenvalue weighted by Gasteiger charge is 2.08. The van der Waals surface area contributed by atoms with Crippen LogP contribution >= 0.6 is 0 Å². The third-order valence-electron chi connectivity index (χ3n) is 1.20. The molecule has 0 saturated heterocycles. The van der Waals surface area contributed by atoms with Gasteiger partial charge in [-0.1, -0.05) is 0 Å². The van der Waals surface area contributed by atoms with Gasteiger partial charge in [0.25, 0.3) is 0 Å². The molecule has 4 heteroatoms. The minimum atomic E-state index is -0.697. The molecular formula is C6H10N2O2. The third kappa shape index (κ3) is 1.34. The summed E-state index contributed by atoms with van der Waals surface area (Å²) < 4.78 is 4.86. The molecule has 0 aromatic carbocycles. The van der Waals surface area contributed by atoms with Crippen LogP contribution in [0, 0.1) is 6.92 Å². The largest absolute Gasteiger partial charge is 0.449 e. The first-order valence-corrected chi connectivity index (χ1v) is 3.04. The van der Waals surface area contributed by atoms with E-state index >= 15 is 0 Å². The number of aliphatic hydroxyl groups excluding tert-OH is 1. The van der Waals surface area contributed by atoms with Crippen LogP contribution in [0.15, 0.2) is 10.7 Å². The van der Waals surface area contributed by atoms with Gasteiger partial charge in [0.1, 0.15) is 18.1 Å². The van der Waals surface area contributed by atoms with E-state index in [-0.39, 0.29) is 6.54 Å². The van der Waals surface area contributed by atoms with Crippen molar-refractivity contribution in [1.82, 2.24) is 4.98 Å². The van der Waals surface area contributed by atoms with Crippen molar-refractivity contribution in [2.75, 3.05) is 6.54 Å². The number of oxazole rings is 1. The number of aryl methyl sites for hydroxylation is 1. The first-order chi connectivity index (χ1) is 4.74. The SMILES string of the molecule is Cc1nc(C(O)CN)co1. The maximum absolute atomic E-state index is 9.10. The van der Waals surface area contributed by atoms with Crippen molar-refractivity contribution >= 4 is 0 Å². The monoisotopic (exact) mass is 142 g/mol. The Morgan fingerprint density at radius 2 is 2.60 bits per heavy atom. The summed E-state index contributed by atoms with van der Waals surface area (Å²) in [6.45, 7) is 1.89. The van der Waals surface area contributed by atoms with Crippen molar-refractivity contribution in [2.24, 2.45) is 5.73 Å². The van der Waals surface area contributed by atoms with Gasteiger partial charge in [-0.25, -0.2) is 4.98 Å². The van der Waals surface area contributed by atoms with Crippen LogP contribution < -0.4 is 5.73 Å². The van der Waals surface area contributed by atoms with Crippen LogP contribution in [0.3, 0.4) is 0 Å². The molecule has 10 heavy (non-hydrogen) atoms. The maximum atomic E-state index is 9.10. The summed E-state index contributed by atoms with van der Waals surface area (Å²) in [7, 11) is 0. The predicted octanol–water partition coefficient (Wildman–Crippen LogP) is -0.0249. The Kier molecular flexibility index (Phi) is 2.03. The second-order valence-electron chi connectivity index (χ2n) is 2.04. The number of hydrogen-bond acceptors (Lipinski definition) is 4. The second kappa shape index (κ2) is 2.81. The van der Waals surface area contributed by atoms with Crippen molar-refractivity contribution in [3.05, 3.63) is 17.8 Å². The molecule has 1 aromatic heterocycles. The minimum Gasteiger partial charge on any atom is -0.449 e. The standard InChI is InChI=1S/C6H10N2O2/c1-4-8-5(3-10-4)6(9)2-7/h3,6,9H,2,7H2,1H3. The van der Waals surface area contributed by atoms with E-state index in [4.69, 9.17) is 15.3 Å². The average Bonchev–Trinajstić information content (AvgIpc) is 2.34. The van der Waals surface area contributed by atoms with E-state index in [1.165, 1.54) is 6.26 Å². The molecule has 1 atom stereocenters. The van der Waals surface area contributed by atoms with E-state index in [0.29, 0.717) is 11.6 Å². The van der Waals surface area contributed by atoms with E-state index in [1.54, 1.807) is 6.92 Å². The van der Waals surface area contributed by atoms with Crippen LogP contribution in [0.4, 0.5) is 0 Å². The molecule has 1 heterocycles. The fourth-order valence-corrected chi connectivity index (χ4v) is 0.654. The summed E-state index contributed by atoms with van der Waals surface area (Å²) in [6, 6.07) is 0. The van der Waals surface area contributed by atoms with Crippen molar-refractivity contribution < 1.29 is 9.52 Å². The predicted molar refractivity (Wildman–Crippen MR) is 35.3 cm³/mol. The van der Waals surface area contributed by atoms with Gasteiger partial charge in [0.05, 0.1) is 0 Å². The lowest BCUT2D eigenvalue weighted by Gasteiger charge is -1.99. The van der Waals surface area contributed by atoms with Crippen molar-refractivity contribution in [3.63, 3.8) is 0 Å². The first-order valence-electron chi connectivity index (χ1n) is 3.04. The number of nitrogens with two attached hydrogens (primary N) is 1. The van der Waals surface area contributed by atoms with Gasteiger partial charge in [-0.05, 0) is 0 Å². The molecule has 0 aliphatic heterocycles. The van der Waals surface area contributed by atoms with Gasteiger partial charge in [-0.15, -0.1) is 0 Å². The number of rotatable bonds is 2. The second-order valence-corrected chi connectivity index (χ2v) is 2.04. The molecule has 1 rings (SSSR count). The van der Waals surface area contributed by atoms with Gasteiger partial charge >= 0.3 is 0 Å². The van der Waals surface area contributed by atoms with Crippen LogP contribution in [-0.2, 0) is 0 Å². The van der Waals surface area contributed by atoms with E-state index in [0.717, 1.165) is 0 Å². The lowest BCUT2D eigenvalue weighted by atomic mass is 10.3. The zero-order valence-electron chi connectivity index (χ0n) is 5.74. The molecule has 3 N–H and O–H groups in total. The fourth-order valence-electron chi connectivity index (χ4n) is 0.654. The topological polar surface area (TPSA) is 72.3 Å². The molecule has 1 unspecified atom stereocenters. The van der Waals surface area contributed by atoms with Crippen LogP contribution in [0.1, 0.15) is 17.7 Å². The Bertz CT molecular complexity index is 209. The zero-order chi connectivity index (χ0) is 7.56. The molecule has 56 valence electrons. The normalized spacial score (nSPS) is 13.5. The quantitative estimate of drug-likeness (QED) is 0.608. The lowest BCUT2D eigenvalue weighted by molar-refractivity contribution is 0.181. The molecule has 0 fully saturated rings. The highest BCUT2D eigenvalue weighted by molar-refractivity contribution is 4.99. The van der Waals surface area contributed by atoms with E-state index in [9.17, 15) is 0 Å². The number of nitrogens with zero attached hydrogens (tertiary/aromatic N) is 1. The first kappa shape index (κ1) is 7.24. The molecular weight excluding hydrogens is 132 g/mol. The number of hydrogen-bond donors (Lipinski definition) is 2. The molecule has 4 nitrogen and oxygen atoms in total. The molecule has 0 radical (unpaired) electrons. The van der Waals surface area contributed by atoms with Crippen LogP contribution in [0.5, 0.6) is 0 Å². The van der Waals surface area contributed by atoms with Gasteiger partial charge in [-0.3, -0.25) is 0 Å². The number of aliphatic hydroxyl groups is 1. The summed E-state index contributed by atoms with van der Waals surface area (Å²) in [5, 5.41) is 9.10. The molecule has 0 bridgehead atoms. The zero-order valence-corrected chi connectivity index (χ0v) is 5.74. The van der Waals surface area contributed by atoms with Crippen molar-refractivity contribution in [1.29, 1.82) is 0 Å². The van der Waals surface area contributed by atoms with E-state index in [1.807, 2.05) is 0 Å². The van der Waals surface area contributed by atoms with Crippen LogP contribution in [0.25, 0.3) is 0 Å². The molecule has 0 spiro atoms. The lowest BCUT2D eigenvalue weighted by Crippen LogP contribution is -2.11. The molecule has 0 saturated carbocycles. The molecule has 0 aliphatic carbocycles. The average molecular weight is 142 g/mol. The molecule has 0 amide bonds. The maximum Gasteiger partial charge on any atom is 0.191 e.